The van der Waals surface area contributed by atoms with Crippen molar-refractivity contribution in [2.45, 2.75) is 191 Å². The predicted octanol–water partition coefficient (Wildman–Crippen LogP) is 13.9. The highest BCUT2D eigenvalue weighted by molar-refractivity contribution is 5.11. The van der Waals surface area contributed by atoms with Gasteiger partial charge in [-0.1, -0.05) is 220 Å². The van der Waals surface area contributed by atoms with Crippen LogP contribution in [0.4, 0.5) is 0 Å². The van der Waals surface area contributed by atoms with Gasteiger partial charge >= 0.3 is 0 Å². The Bertz CT molecular complexity index is 324. The third kappa shape index (κ3) is 60.1. The summed E-state index contributed by atoms with van der Waals surface area (Å²) in [5.74, 6) is 0. The lowest BCUT2D eigenvalue weighted by Gasteiger charge is -1.90. The third-order valence-electron chi connectivity index (χ3n) is 5.77. The molecule has 0 fully saturated rings. The van der Waals surface area contributed by atoms with Gasteiger partial charge in [0.15, 0.2) is 0 Å². The number of hydrogen-bond donors (Lipinski definition) is 0. The first-order chi connectivity index (χ1) is 17.1. The number of hydrogen-bond acceptors (Lipinski definition) is 0. The van der Waals surface area contributed by atoms with Crippen LogP contribution < -0.4 is 0 Å². The van der Waals surface area contributed by atoms with Crippen LogP contribution in [0, 0.1) is 6.92 Å². The van der Waals surface area contributed by atoms with Crippen molar-refractivity contribution >= 4 is 0 Å². The van der Waals surface area contributed by atoms with Gasteiger partial charge in [-0.25, -0.2) is 0 Å². The van der Waals surface area contributed by atoms with E-state index < -0.39 is 0 Å². The molecule has 0 saturated carbocycles. The number of rotatable bonds is 16. The first-order valence-corrected chi connectivity index (χ1v) is 16.1. The van der Waals surface area contributed by atoms with Gasteiger partial charge < -0.3 is 0 Å². The summed E-state index contributed by atoms with van der Waals surface area (Å²) in [6.07, 6.45) is 28.0. The van der Waals surface area contributed by atoms with E-state index in [1.54, 1.807) is 0 Å². The molecule has 0 saturated heterocycles. The summed E-state index contributed by atoms with van der Waals surface area (Å²) in [4.78, 5) is 0. The highest BCUT2D eigenvalue weighted by Gasteiger charge is 1.82. The van der Waals surface area contributed by atoms with Gasteiger partial charge in [-0.05, 0) is 6.92 Å². The van der Waals surface area contributed by atoms with E-state index in [1.807, 2.05) is 18.2 Å². The van der Waals surface area contributed by atoms with Crippen molar-refractivity contribution < 1.29 is 0 Å². The van der Waals surface area contributed by atoms with Crippen LogP contribution in [0.5, 0.6) is 0 Å². The molecule has 0 heterocycles. The van der Waals surface area contributed by atoms with Gasteiger partial charge in [0.25, 0.3) is 0 Å². The van der Waals surface area contributed by atoms with Crippen LogP contribution in [0.1, 0.15) is 189 Å². The van der Waals surface area contributed by atoms with Gasteiger partial charge in [-0.2, -0.15) is 0 Å². The zero-order chi connectivity index (χ0) is 27.3. The van der Waals surface area contributed by atoms with E-state index in [9.17, 15) is 0 Å². The monoisotopic (exact) mass is 493 g/mol. The van der Waals surface area contributed by atoms with Crippen molar-refractivity contribution in [1.29, 1.82) is 0 Å². The smallest absolute Gasteiger partial charge is 0.0398 e. The molecule has 0 amide bonds. The van der Waals surface area contributed by atoms with Gasteiger partial charge in [0.05, 0.1) is 0 Å². The molecule has 0 nitrogen and oxygen atoms in total. The molecule has 0 aliphatic carbocycles. The summed E-state index contributed by atoms with van der Waals surface area (Å²) in [5.41, 5.74) is 1.32. The average molecular weight is 493 g/mol. The normalized spacial score (nSPS) is 9.29. The molecule has 212 valence electrons. The predicted molar refractivity (Wildman–Crippen MR) is 169 cm³/mol. The SMILES string of the molecule is CCCCCCC.CCCCCCC.CCCCCCC.CCCCCCC.Cc1ccccc1. The van der Waals surface area contributed by atoms with Crippen molar-refractivity contribution in [3.8, 4) is 0 Å². The van der Waals surface area contributed by atoms with Crippen LogP contribution in [0.3, 0.4) is 0 Å². The highest BCUT2D eigenvalue weighted by atomic mass is 13.9. The maximum absolute atomic E-state index is 2.25. The summed E-state index contributed by atoms with van der Waals surface area (Å²) < 4.78 is 0. The molecule has 1 aromatic rings. The van der Waals surface area contributed by atoms with E-state index in [2.05, 4.69) is 74.4 Å². The van der Waals surface area contributed by atoms with Crippen LogP contribution in [-0.2, 0) is 0 Å². The van der Waals surface area contributed by atoms with Crippen LogP contribution in [-0.4, -0.2) is 0 Å². The van der Waals surface area contributed by atoms with Crippen molar-refractivity contribution in [2.24, 2.45) is 0 Å². The van der Waals surface area contributed by atoms with E-state index >= 15 is 0 Å². The van der Waals surface area contributed by atoms with Gasteiger partial charge in [0, 0.05) is 0 Å². The van der Waals surface area contributed by atoms with Crippen LogP contribution in [0.2, 0.25) is 0 Å². The van der Waals surface area contributed by atoms with E-state index in [0.717, 1.165) is 0 Å². The molecule has 0 radical (unpaired) electrons. The second-order valence-electron chi connectivity index (χ2n) is 9.90. The molecule has 0 aromatic heterocycles. The first kappa shape index (κ1) is 41.4. The second-order valence-corrected chi connectivity index (χ2v) is 9.90. The molecule has 0 spiro atoms. The van der Waals surface area contributed by atoms with Crippen LogP contribution in [0.15, 0.2) is 30.3 Å². The summed E-state index contributed by atoms with van der Waals surface area (Å²) in [6.45, 7) is 20.0. The molecule has 0 atom stereocenters. The fourth-order valence-electron chi connectivity index (χ4n) is 3.24. The molecule has 35 heavy (non-hydrogen) atoms. The van der Waals surface area contributed by atoms with E-state index in [0.29, 0.717) is 0 Å². The minimum Gasteiger partial charge on any atom is -0.0654 e. The topological polar surface area (TPSA) is 0 Å². The average Bonchev–Trinajstić information content (AvgIpc) is 2.88. The fourth-order valence-corrected chi connectivity index (χ4v) is 3.24. The van der Waals surface area contributed by atoms with Gasteiger partial charge in [0.2, 0.25) is 0 Å². The van der Waals surface area contributed by atoms with Crippen molar-refractivity contribution in [2.75, 3.05) is 0 Å². The van der Waals surface area contributed by atoms with Crippen molar-refractivity contribution in [3.05, 3.63) is 35.9 Å². The first-order valence-electron chi connectivity index (χ1n) is 16.1. The standard InChI is InChI=1S/C7H8.4C7H16/c1-7-5-3-2-4-6-7;4*1-3-5-7-6-4-2/h2-6H,1H3;4*3-7H2,1-2H3. The Morgan fingerprint density at radius 2 is 0.514 bits per heavy atom. The summed E-state index contributed by atoms with van der Waals surface area (Å²) in [5, 5.41) is 0. The third-order valence-corrected chi connectivity index (χ3v) is 5.77. The van der Waals surface area contributed by atoms with Gasteiger partial charge in [-0.15, -0.1) is 0 Å². The molecule has 1 aromatic carbocycles. The minimum atomic E-state index is 1.32. The molecule has 0 unspecified atom stereocenters. The van der Waals surface area contributed by atoms with Gasteiger partial charge in [-0.3, -0.25) is 0 Å². The second kappa shape index (κ2) is 46.5. The molecule has 1 rings (SSSR count). The molecule has 0 aliphatic heterocycles. The Labute approximate surface area is 226 Å². The molecular weight excluding hydrogens is 420 g/mol. The molecule has 0 bridgehead atoms. The minimum absolute atomic E-state index is 1.32. The largest absolute Gasteiger partial charge is 0.0654 e. The zero-order valence-corrected chi connectivity index (χ0v) is 26.5. The summed E-state index contributed by atoms with van der Waals surface area (Å²) in [6, 6.07) is 10.3. The highest BCUT2D eigenvalue weighted by Crippen LogP contribution is 2.02. The van der Waals surface area contributed by atoms with Crippen molar-refractivity contribution in [3.63, 3.8) is 0 Å². The molecule has 0 N–H and O–H groups in total. The van der Waals surface area contributed by atoms with E-state index in [1.165, 1.54) is 134 Å². The van der Waals surface area contributed by atoms with E-state index in [-0.39, 0.29) is 0 Å². The Morgan fingerprint density at radius 3 is 0.629 bits per heavy atom. The zero-order valence-electron chi connectivity index (χ0n) is 26.5. The lowest BCUT2D eigenvalue weighted by atomic mass is 10.2. The van der Waals surface area contributed by atoms with Crippen LogP contribution >= 0.6 is 0 Å². The Morgan fingerprint density at radius 1 is 0.314 bits per heavy atom. The quantitative estimate of drug-likeness (QED) is 0.201. The maximum atomic E-state index is 2.25. The van der Waals surface area contributed by atoms with Gasteiger partial charge in [0.1, 0.15) is 0 Å². The molecule has 0 heteroatoms. The Balaban J connectivity index is -0.000000172. The maximum Gasteiger partial charge on any atom is -0.0398 e. The Hall–Kier alpha value is -0.780. The fraction of sp³-hybridized carbons (Fsp3) is 0.829. The summed E-state index contributed by atoms with van der Waals surface area (Å²) in [7, 11) is 0. The molecular formula is C35H72. The number of unbranched alkanes of at least 4 members (excludes halogenated alkanes) is 16. The van der Waals surface area contributed by atoms with Crippen molar-refractivity contribution in [1.82, 2.24) is 0 Å². The van der Waals surface area contributed by atoms with Crippen LogP contribution in [0.25, 0.3) is 0 Å². The lowest BCUT2D eigenvalue weighted by Crippen LogP contribution is -1.70. The Kier molecular flexibility index (Phi) is 55.0. The molecule has 0 aliphatic rings. The summed E-state index contributed by atoms with van der Waals surface area (Å²) >= 11 is 0. The number of benzene rings is 1. The number of aryl methyl sites for hydroxylation is 1. The lowest BCUT2D eigenvalue weighted by molar-refractivity contribution is 0.656. The van der Waals surface area contributed by atoms with E-state index in [4.69, 9.17) is 0 Å².